The third kappa shape index (κ3) is 2.54. The van der Waals surface area contributed by atoms with Crippen LogP contribution in [-0.4, -0.2) is 24.4 Å². The number of aromatic amines is 1. The van der Waals surface area contributed by atoms with Gasteiger partial charge in [-0.25, -0.2) is 13.1 Å². The van der Waals surface area contributed by atoms with Gasteiger partial charge in [0.25, 0.3) is 0 Å². The lowest BCUT2D eigenvalue weighted by molar-refractivity contribution is 0.546. The molecule has 0 saturated heterocycles. The zero-order chi connectivity index (χ0) is 13.3. The molecule has 5 nitrogen and oxygen atoms in total. The van der Waals surface area contributed by atoms with Crippen molar-refractivity contribution >= 4 is 21.8 Å². The number of nitrogens with one attached hydrogen (secondary N) is 2. The van der Waals surface area contributed by atoms with Crippen molar-refractivity contribution in [3.05, 3.63) is 42.2 Å². The molecule has 7 heteroatoms. The first-order valence-corrected chi connectivity index (χ1v) is 8.36. The van der Waals surface area contributed by atoms with Gasteiger partial charge in [-0.1, -0.05) is 18.2 Å². The molecule has 0 radical (unpaired) electrons. The Bertz CT molecular complexity index is 668. The van der Waals surface area contributed by atoms with Gasteiger partial charge in [0, 0.05) is 17.1 Å². The van der Waals surface area contributed by atoms with Crippen LogP contribution in [0, 0.1) is 0 Å². The van der Waals surface area contributed by atoms with Crippen molar-refractivity contribution in [2.24, 2.45) is 0 Å². The van der Waals surface area contributed by atoms with Gasteiger partial charge in [0.2, 0.25) is 10.0 Å². The highest BCUT2D eigenvalue weighted by atomic mass is 32.2. The largest absolute Gasteiger partial charge is 0.284 e. The molecule has 1 atom stereocenters. The van der Waals surface area contributed by atoms with Crippen molar-refractivity contribution in [1.82, 2.24) is 14.9 Å². The summed E-state index contributed by atoms with van der Waals surface area (Å²) in [6.45, 7) is 0. The summed E-state index contributed by atoms with van der Waals surface area (Å²) < 4.78 is 27.1. The maximum Gasteiger partial charge on any atom is 0.244 e. The van der Waals surface area contributed by atoms with Crippen LogP contribution < -0.4 is 4.72 Å². The Morgan fingerprint density at radius 2 is 2.21 bits per heavy atom. The van der Waals surface area contributed by atoms with Gasteiger partial charge in [-0.05, 0) is 23.8 Å². The number of hydrogen-bond acceptors (Lipinski definition) is 4. The topological polar surface area (TPSA) is 74.8 Å². The minimum absolute atomic E-state index is 0.169. The normalized spacial score (nSPS) is 19.1. The predicted octanol–water partition coefficient (Wildman–Crippen LogP) is 1.93. The lowest BCUT2D eigenvalue weighted by atomic mass is 10.1. The van der Waals surface area contributed by atoms with Crippen molar-refractivity contribution < 1.29 is 8.42 Å². The van der Waals surface area contributed by atoms with E-state index in [1.807, 2.05) is 24.3 Å². The molecule has 100 valence electrons. The maximum absolute atomic E-state index is 12.2. The molecule has 0 unspecified atom stereocenters. The van der Waals surface area contributed by atoms with Gasteiger partial charge in [0.1, 0.15) is 4.90 Å². The molecule has 0 saturated carbocycles. The first kappa shape index (κ1) is 12.7. The second-order valence-electron chi connectivity index (χ2n) is 4.28. The van der Waals surface area contributed by atoms with Gasteiger partial charge in [-0.15, -0.1) is 11.8 Å². The number of H-pyrrole nitrogens is 1. The summed E-state index contributed by atoms with van der Waals surface area (Å²) in [6, 6.07) is 7.74. The smallest absolute Gasteiger partial charge is 0.244 e. The number of aromatic nitrogens is 2. The summed E-state index contributed by atoms with van der Waals surface area (Å²) in [5.74, 6) is 0.912. The molecule has 0 bridgehead atoms. The molecule has 0 spiro atoms. The van der Waals surface area contributed by atoms with E-state index < -0.39 is 10.0 Å². The lowest BCUT2D eigenvalue weighted by Crippen LogP contribution is -2.30. The molecule has 2 heterocycles. The molecule has 1 aliphatic rings. The fraction of sp³-hybridized carbons (Fsp3) is 0.250. The van der Waals surface area contributed by atoms with E-state index in [0.29, 0.717) is 0 Å². The Morgan fingerprint density at radius 1 is 1.37 bits per heavy atom. The molecule has 1 aliphatic heterocycles. The second-order valence-corrected chi connectivity index (χ2v) is 7.13. The van der Waals surface area contributed by atoms with Crippen molar-refractivity contribution in [2.45, 2.75) is 22.3 Å². The molecule has 3 rings (SSSR count). The second kappa shape index (κ2) is 4.99. The van der Waals surface area contributed by atoms with E-state index >= 15 is 0 Å². The van der Waals surface area contributed by atoms with Crippen LogP contribution in [0.3, 0.4) is 0 Å². The van der Waals surface area contributed by atoms with Crippen LogP contribution in [0.25, 0.3) is 0 Å². The van der Waals surface area contributed by atoms with Crippen LogP contribution in [-0.2, 0) is 10.0 Å². The molecule has 2 aromatic rings. The molecule has 1 aromatic heterocycles. The van der Waals surface area contributed by atoms with Crippen molar-refractivity contribution in [3.8, 4) is 0 Å². The lowest BCUT2D eigenvalue weighted by Gasteiger charge is -2.25. The highest BCUT2D eigenvalue weighted by Crippen LogP contribution is 2.36. The van der Waals surface area contributed by atoms with Crippen LogP contribution in [0.5, 0.6) is 0 Å². The van der Waals surface area contributed by atoms with Crippen LogP contribution >= 0.6 is 11.8 Å². The third-order valence-electron chi connectivity index (χ3n) is 3.04. The van der Waals surface area contributed by atoms with E-state index in [0.717, 1.165) is 22.6 Å². The Kier molecular flexibility index (Phi) is 3.34. The third-order valence-corrected chi connectivity index (χ3v) is 5.60. The molecule has 0 fully saturated rings. The Labute approximate surface area is 115 Å². The van der Waals surface area contributed by atoms with Gasteiger partial charge in [0.05, 0.1) is 6.20 Å². The van der Waals surface area contributed by atoms with Gasteiger partial charge in [0.15, 0.2) is 0 Å². The monoisotopic (exact) mass is 295 g/mol. The summed E-state index contributed by atoms with van der Waals surface area (Å²) in [5, 5.41) is 6.20. The molecule has 2 N–H and O–H groups in total. The fourth-order valence-electron chi connectivity index (χ4n) is 2.11. The molecule has 0 amide bonds. The molecular weight excluding hydrogens is 282 g/mol. The van der Waals surface area contributed by atoms with E-state index in [1.165, 1.54) is 12.4 Å². The summed E-state index contributed by atoms with van der Waals surface area (Å²) >= 11 is 1.76. The minimum Gasteiger partial charge on any atom is -0.284 e. The van der Waals surface area contributed by atoms with Gasteiger partial charge >= 0.3 is 0 Å². The highest BCUT2D eigenvalue weighted by Gasteiger charge is 2.26. The SMILES string of the molecule is O=S(=O)(N[C@@H]1CCSc2ccccc21)c1cn[nH]c1. The number of nitrogens with zero attached hydrogens (tertiary/aromatic N) is 1. The van der Waals surface area contributed by atoms with Crippen LogP contribution in [0.2, 0.25) is 0 Å². The standard InChI is InChI=1S/C12H13N3O2S2/c16-19(17,9-7-13-14-8-9)15-11-5-6-18-12-4-2-1-3-10(11)12/h1-4,7-8,11,15H,5-6H2,(H,13,14)/t11-/m1/s1. The predicted molar refractivity (Wildman–Crippen MR) is 73.4 cm³/mol. The van der Waals surface area contributed by atoms with Crippen molar-refractivity contribution in [1.29, 1.82) is 0 Å². The molecule has 19 heavy (non-hydrogen) atoms. The molecular formula is C12H13N3O2S2. The maximum atomic E-state index is 12.2. The molecule has 1 aromatic carbocycles. The van der Waals surface area contributed by atoms with Crippen LogP contribution in [0.4, 0.5) is 0 Å². The summed E-state index contributed by atoms with van der Waals surface area (Å²) in [6.07, 6.45) is 3.48. The number of hydrogen-bond donors (Lipinski definition) is 2. The van der Waals surface area contributed by atoms with Crippen molar-refractivity contribution in [2.75, 3.05) is 5.75 Å². The number of fused-ring (bicyclic) bond motifs is 1. The number of thioether (sulfide) groups is 1. The summed E-state index contributed by atoms with van der Waals surface area (Å²) in [7, 11) is -3.51. The average molecular weight is 295 g/mol. The number of benzene rings is 1. The zero-order valence-electron chi connectivity index (χ0n) is 10.0. The minimum atomic E-state index is -3.51. The zero-order valence-corrected chi connectivity index (χ0v) is 11.7. The first-order valence-electron chi connectivity index (χ1n) is 5.90. The Hall–Kier alpha value is -1.31. The van der Waals surface area contributed by atoms with Gasteiger partial charge < -0.3 is 0 Å². The first-order chi connectivity index (χ1) is 9.17. The number of rotatable bonds is 3. The molecule has 0 aliphatic carbocycles. The van der Waals surface area contributed by atoms with E-state index in [1.54, 1.807) is 11.8 Å². The fourth-order valence-corrected chi connectivity index (χ4v) is 4.39. The van der Waals surface area contributed by atoms with Gasteiger partial charge in [-0.3, -0.25) is 5.10 Å². The van der Waals surface area contributed by atoms with E-state index in [2.05, 4.69) is 14.9 Å². The van der Waals surface area contributed by atoms with E-state index in [9.17, 15) is 8.42 Å². The Balaban J connectivity index is 1.90. The van der Waals surface area contributed by atoms with Crippen LogP contribution in [0.15, 0.2) is 46.5 Å². The Morgan fingerprint density at radius 3 is 3.00 bits per heavy atom. The summed E-state index contributed by atoms with van der Waals surface area (Å²) in [5.41, 5.74) is 1.05. The van der Waals surface area contributed by atoms with E-state index in [4.69, 9.17) is 0 Å². The summed E-state index contributed by atoms with van der Waals surface area (Å²) in [4.78, 5) is 1.32. The number of sulfonamides is 1. The average Bonchev–Trinajstić information content (AvgIpc) is 2.93. The highest BCUT2D eigenvalue weighted by molar-refractivity contribution is 7.99. The van der Waals surface area contributed by atoms with E-state index in [-0.39, 0.29) is 10.9 Å². The van der Waals surface area contributed by atoms with Crippen LogP contribution in [0.1, 0.15) is 18.0 Å². The van der Waals surface area contributed by atoms with Crippen molar-refractivity contribution in [3.63, 3.8) is 0 Å². The quantitative estimate of drug-likeness (QED) is 0.907. The van der Waals surface area contributed by atoms with Gasteiger partial charge in [-0.2, -0.15) is 5.10 Å².